The molecule has 1 aromatic heterocycles. The number of para-hydroxylation sites is 1. The van der Waals surface area contributed by atoms with Crippen LogP contribution in [-0.4, -0.2) is 19.1 Å². The minimum absolute atomic E-state index is 0.157. The van der Waals surface area contributed by atoms with Crippen molar-refractivity contribution in [3.8, 4) is 11.5 Å². The quantitative estimate of drug-likeness (QED) is 0.628. The summed E-state index contributed by atoms with van der Waals surface area (Å²) in [5, 5.41) is 3.82. The third-order valence-corrected chi connectivity index (χ3v) is 4.04. The van der Waals surface area contributed by atoms with Crippen molar-refractivity contribution in [3.05, 3.63) is 60.1 Å². The number of benzene rings is 2. The maximum Gasteiger partial charge on any atom is 0.224 e. The summed E-state index contributed by atoms with van der Waals surface area (Å²) < 4.78 is 29.8. The molecule has 142 valence electrons. The third-order valence-electron chi connectivity index (χ3n) is 4.04. The molecule has 0 saturated heterocycles. The minimum Gasteiger partial charge on any atom is -0.493 e. The molecule has 0 saturated carbocycles. The van der Waals surface area contributed by atoms with E-state index in [1.165, 1.54) is 24.3 Å². The molecule has 0 fully saturated rings. The monoisotopic (exact) mass is 371 g/mol. The topological polar surface area (TPSA) is 60.7 Å². The molecule has 6 heteroatoms. The Kier molecular flexibility index (Phi) is 5.96. The molecule has 0 aliphatic rings. The molecule has 5 nitrogen and oxygen atoms in total. The van der Waals surface area contributed by atoms with Crippen LogP contribution in [0.4, 0.5) is 4.39 Å². The molecule has 0 aliphatic carbocycles. The summed E-state index contributed by atoms with van der Waals surface area (Å²) in [5.74, 6) is 1.39. The van der Waals surface area contributed by atoms with E-state index in [2.05, 4.69) is 5.32 Å². The van der Waals surface area contributed by atoms with E-state index in [0.717, 1.165) is 5.39 Å². The van der Waals surface area contributed by atoms with Gasteiger partial charge in [0.05, 0.1) is 25.7 Å². The number of nitrogens with one attached hydrogen (secondary N) is 1. The standard InChI is InChI=1S/C21H22FNO4/c1-3-25-18-6-4-5-15-13-19(27-21(15)18)14(2)23-20(24)11-12-26-17-9-7-16(22)8-10-17/h4-10,13-14H,3,11-12H2,1-2H3,(H,23,24). The van der Waals surface area contributed by atoms with Crippen LogP contribution < -0.4 is 14.8 Å². The molecule has 3 rings (SSSR count). The number of rotatable bonds is 8. The lowest BCUT2D eigenvalue weighted by Crippen LogP contribution is -2.27. The minimum atomic E-state index is -0.327. The fraction of sp³-hybridized carbons (Fsp3) is 0.286. The first-order valence-corrected chi connectivity index (χ1v) is 8.90. The number of halogens is 1. The van der Waals surface area contributed by atoms with Crippen molar-refractivity contribution in [1.82, 2.24) is 5.32 Å². The second kappa shape index (κ2) is 8.58. The van der Waals surface area contributed by atoms with E-state index in [1.54, 1.807) is 0 Å². The number of hydrogen-bond donors (Lipinski definition) is 1. The maximum absolute atomic E-state index is 12.9. The van der Waals surface area contributed by atoms with Crippen LogP contribution in [0.25, 0.3) is 11.0 Å². The molecule has 1 heterocycles. The smallest absolute Gasteiger partial charge is 0.224 e. The highest BCUT2D eigenvalue weighted by atomic mass is 19.1. The van der Waals surface area contributed by atoms with E-state index in [0.29, 0.717) is 29.4 Å². The number of carbonyl (C=O) groups is 1. The van der Waals surface area contributed by atoms with Crippen molar-refractivity contribution in [3.63, 3.8) is 0 Å². The highest BCUT2D eigenvalue weighted by molar-refractivity contribution is 5.84. The molecular weight excluding hydrogens is 349 g/mol. The number of amides is 1. The average Bonchev–Trinajstić information content (AvgIpc) is 3.09. The Morgan fingerprint density at radius 1 is 1.19 bits per heavy atom. The van der Waals surface area contributed by atoms with Crippen LogP contribution in [0.5, 0.6) is 11.5 Å². The van der Waals surface area contributed by atoms with Gasteiger partial charge in [-0.05, 0) is 50.2 Å². The molecule has 1 atom stereocenters. The zero-order valence-corrected chi connectivity index (χ0v) is 15.3. The van der Waals surface area contributed by atoms with Crippen molar-refractivity contribution in [2.75, 3.05) is 13.2 Å². The van der Waals surface area contributed by atoms with Gasteiger partial charge in [-0.15, -0.1) is 0 Å². The maximum atomic E-state index is 12.9. The summed E-state index contributed by atoms with van der Waals surface area (Å²) in [4.78, 5) is 12.1. The SMILES string of the molecule is CCOc1cccc2cc(C(C)NC(=O)CCOc3ccc(F)cc3)oc12. The molecule has 0 aliphatic heterocycles. The molecule has 3 aromatic rings. The predicted octanol–water partition coefficient (Wildman–Crippen LogP) is 4.62. The van der Waals surface area contributed by atoms with Gasteiger partial charge in [0.1, 0.15) is 17.3 Å². The largest absolute Gasteiger partial charge is 0.493 e. The average molecular weight is 371 g/mol. The summed E-state index contributed by atoms with van der Waals surface area (Å²) in [6, 6.07) is 13.0. The lowest BCUT2D eigenvalue weighted by Gasteiger charge is -2.12. The van der Waals surface area contributed by atoms with E-state index < -0.39 is 0 Å². The van der Waals surface area contributed by atoms with Gasteiger partial charge in [-0.2, -0.15) is 0 Å². The van der Waals surface area contributed by atoms with Crippen LogP contribution >= 0.6 is 0 Å². The lowest BCUT2D eigenvalue weighted by atomic mass is 10.2. The summed E-state index contributed by atoms with van der Waals surface area (Å²) >= 11 is 0. The highest BCUT2D eigenvalue weighted by Crippen LogP contribution is 2.31. The lowest BCUT2D eigenvalue weighted by molar-refractivity contribution is -0.122. The van der Waals surface area contributed by atoms with Gasteiger partial charge in [0, 0.05) is 5.39 Å². The van der Waals surface area contributed by atoms with Gasteiger partial charge in [0.25, 0.3) is 0 Å². The molecule has 0 radical (unpaired) electrons. The molecule has 0 bridgehead atoms. The van der Waals surface area contributed by atoms with Crippen molar-refractivity contribution < 1.29 is 23.1 Å². The van der Waals surface area contributed by atoms with Crippen LogP contribution in [0.1, 0.15) is 32.1 Å². The Bertz CT molecular complexity index is 904. The van der Waals surface area contributed by atoms with Crippen molar-refractivity contribution in [2.24, 2.45) is 0 Å². The second-order valence-electron chi connectivity index (χ2n) is 6.10. The van der Waals surface area contributed by atoms with Gasteiger partial charge in [-0.3, -0.25) is 4.79 Å². The summed E-state index contributed by atoms with van der Waals surface area (Å²) in [6.07, 6.45) is 0.187. The van der Waals surface area contributed by atoms with Crippen LogP contribution in [0.15, 0.2) is 52.9 Å². The van der Waals surface area contributed by atoms with Crippen molar-refractivity contribution >= 4 is 16.9 Å². The van der Waals surface area contributed by atoms with Crippen molar-refractivity contribution in [1.29, 1.82) is 0 Å². The Morgan fingerprint density at radius 3 is 2.70 bits per heavy atom. The first-order chi connectivity index (χ1) is 13.1. The van der Waals surface area contributed by atoms with E-state index in [9.17, 15) is 9.18 Å². The Labute approximate surface area is 157 Å². The molecule has 1 N–H and O–H groups in total. The number of hydrogen-bond acceptors (Lipinski definition) is 4. The number of carbonyl (C=O) groups excluding carboxylic acids is 1. The van der Waals surface area contributed by atoms with E-state index >= 15 is 0 Å². The first kappa shape index (κ1) is 18.8. The highest BCUT2D eigenvalue weighted by Gasteiger charge is 2.16. The number of furan rings is 1. The molecular formula is C21H22FNO4. The molecule has 1 amide bonds. The van der Waals surface area contributed by atoms with Crippen molar-refractivity contribution in [2.45, 2.75) is 26.3 Å². The van der Waals surface area contributed by atoms with Gasteiger partial charge in [0.15, 0.2) is 11.3 Å². The van der Waals surface area contributed by atoms with Gasteiger partial charge in [-0.1, -0.05) is 12.1 Å². The fourth-order valence-corrected chi connectivity index (χ4v) is 2.72. The van der Waals surface area contributed by atoms with Crippen LogP contribution in [0.3, 0.4) is 0 Å². The third kappa shape index (κ3) is 4.78. The molecule has 27 heavy (non-hydrogen) atoms. The summed E-state index contributed by atoms with van der Waals surface area (Å²) in [6.45, 7) is 4.53. The molecule has 2 aromatic carbocycles. The van der Waals surface area contributed by atoms with E-state index in [-0.39, 0.29) is 30.8 Å². The normalized spacial score (nSPS) is 12.0. The van der Waals surface area contributed by atoms with E-state index in [1.807, 2.05) is 38.1 Å². The van der Waals surface area contributed by atoms with Crippen LogP contribution in [-0.2, 0) is 4.79 Å². The van der Waals surface area contributed by atoms with Gasteiger partial charge < -0.3 is 19.2 Å². The Hall–Kier alpha value is -3.02. The van der Waals surface area contributed by atoms with Crippen LogP contribution in [0, 0.1) is 5.82 Å². The summed E-state index contributed by atoms with van der Waals surface area (Å²) in [5.41, 5.74) is 0.676. The van der Waals surface area contributed by atoms with Crippen LogP contribution in [0.2, 0.25) is 0 Å². The number of fused-ring (bicyclic) bond motifs is 1. The van der Waals surface area contributed by atoms with Gasteiger partial charge in [-0.25, -0.2) is 4.39 Å². The zero-order valence-electron chi connectivity index (χ0n) is 15.3. The van der Waals surface area contributed by atoms with E-state index in [4.69, 9.17) is 13.9 Å². The van der Waals surface area contributed by atoms with Gasteiger partial charge >= 0.3 is 0 Å². The zero-order chi connectivity index (χ0) is 19.2. The van der Waals surface area contributed by atoms with Gasteiger partial charge in [0.2, 0.25) is 5.91 Å². The fourth-order valence-electron chi connectivity index (χ4n) is 2.72. The second-order valence-corrected chi connectivity index (χ2v) is 6.10. The predicted molar refractivity (Wildman–Crippen MR) is 100 cm³/mol. The summed E-state index contributed by atoms with van der Waals surface area (Å²) in [7, 11) is 0. The Balaban J connectivity index is 1.55. The number of ether oxygens (including phenoxy) is 2. The molecule has 1 unspecified atom stereocenters. The first-order valence-electron chi connectivity index (χ1n) is 8.90. The Morgan fingerprint density at radius 2 is 1.96 bits per heavy atom. The molecule has 0 spiro atoms.